The van der Waals surface area contributed by atoms with E-state index in [-0.39, 0.29) is 49.2 Å². The highest BCUT2D eigenvalue weighted by molar-refractivity contribution is 6.13. The van der Waals surface area contributed by atoms with Gasteiger partial charge in [-0.25, -0.2) is 4.98 Å². The molecule has 0 bridgehead atoms. The Balaban J connectivity index is 1.33. The zero-order chi connectivity index (χ0) is 33.2. The maximum atomic E-state index is 13.7. The summed E-state index contributed by atoms with van der Waals surface area (Å²) in [5.41, 5.74) is 6.03. The molecule has 1 aliphatic rings. The Labute approximate surface area is 274 Å². The van der Waals surface area contributed by atoms with Gasteiger partial charge in [-0.05, 0) is 86.7 Å². The number of nitrogens with zero attached hydrogens (tertiary/aromatic N) is 3. The number of amides is 3. The van der Waals surface area contributed by atoms with E-state index < -0.39 is 11.8 Å². The molecule has 47 heavy (non-hydrogen) atoms. The molecule has 2 heterocycles. The molecule has 4 aromatic rings. The van der Waals surface area contributed by atoms with Crippen molar-refractivity contribution in [2.24, 2.45) is 0 Å². The third kappa shape index (κ3) is 8.78. The molecule has 0 atom stereocenters. The molecule has 244 valence electrons. The smallest absolute Gasteiger partial charge is 0.259 e. The summed E-state index contributed by atoms with van der Waals surface area (Å²) in [6.45, 7) is 6.49. The number of benzene rings is 3. The van der Waals surface area contributed by atoms with E-state index in [0.717, 1.165) is 42.7 Å². The van der Waals surface area contributed by atoms with Gasteiger partial charge in [0.1, 0.15) is 0 Å². The number of carbonyl (C=O) groups excluding carboxylic acids is 3. The van der Waals surface area contributed by atoms with Crippen molar-refractivity contribution in [3.05, 3.63) is 101 Å². The molecule has 3 aromatic carbocycles. The predicted molar refractivity (Wildman–Crippen MR) is 182 cm³/mol. The first-order chi connectivity index (χ1) is 22.8. The molecule has 5 rings (SSSR count). The fourth-order valence-electron chi connectivity index (χ4n) is 5.31. The van der Waals surface area contributed by atoms with Crippen molar-refractivity contribution in [3.63, 3.8) is 0 Å². The third-order valence-electron chi connectivity index (χ3n) is 8.07. The summed E-state index contributed by atoms with van der Waals surface area (Å²) in [5.74, 6) is -0.987. The van der Waals surface area contributed by atoms with Crippen LogP contribution in [0.25, 0.3) is 11.3 Å². The summed E-state index contributed by atoms with van der Waals surface area (Å²) in [4.78, 5) is 50.9. The molecule has 0 radical (unpaired) electrons. The van der Waals surface area contributed by atoms with Crippen molar-refractivity contribution >= 4 is 34.9 Å². The summed E-state index contributed by atoms with van der Waals surface area (Å²) < 4.78 is 5.17. The van der Waals surface area contributed by atoms with Crippen LogP contribution in [-0.4, -0.2) is 72.3 Å². The van der Waals surface area contributed by atoms with E-state index in [9.17, 15) is 14.4 Å². The minimum Gasteiger partial charge on any atom is -0.394 e. The van der Waals surface area contributed by atoms with Gasteiger partial charge in [-0.1, -0.05) is 18.2 Å². The second kappa shape index (κ2) is 15.9. The lowest BCUT2D eigenvalue weighted by Gasteiger charge is -2.29. The van der Waals surface area contributed by atoms with Crippen molar-refractivity contribution in [3.8, 4) is 11.3 Å². The first-order valence-corrected chi connectivity index (χ1v) is 15.8. The standard InChI is InChI=1S/C36H40N6O5/c1-24-9-10-26(19-25(24)2)32-22-39-33(23-38-32)41-36(46)30-21-29(42-14-4-3-5-15-42)11-12-31(30)40-35(45)28-8-6-7-27(20-28)34(44)37-13-17-47-18-16-43/h6-12,19-23,43H,3-5,13-18H2,1-2H3,(H,37,44)(H,40,45)(H,39,41,46). The Kier molecular flexibility index (Phi) is 11.3. The summed E-state index contributed by atoms with van der Waals surface area (Å²) in [6.07, 6.45) is 6.45. The van der Waals surface area contributed by atoms with Gasteiger partial charge in [0.15, 0.2) is 5.82 Å². The molecule has 1 aliphatic heterocycles. The fraction of sp³-hybridized carbons (Fsp3) is 0.306. The summed E-state index contributed by atoms with van der Waals surface area (Å²) in [7, 11) is 0. The van der Waals surface area contributed by atoms with E-state index in [4.69, 9.17) is 9.84 Å². The maximum absolute atomic E-state index is 13.7. The number of hydrogen-bond acceptors (Lipinski definition) is 8. The second-order valence-electron chi connectivity index (χ2n) is 11.4. The quantitative estimate of drug-likeness (QED) is 0.159. The van der Waals surface area contributed by atoms with Crippen molar-refractivity contribution in [2.45, 2.75) is 33.1 Å². The molecule has 1 saturated heterocycles. The van der Waals surface area contributed by atoms with Gasteiger partial charge in [0.2, 0.25) is 0 Å². The topological polar surface area (TPSA) is 146 Å². The van der Waals surface area contributed by atoms with Crippen LogP contribution in [0.5, 0.6) is 0 Å². The molecular weight excluding hydrogens is 596 g/mol. The highest BCUT2D eigenvalue weighted by Gasteiger charge is 2.20. The van der Waals surface area contributed by atoms with E-state index in [1.165, 1.54) is 24.2 Å². The Bertz CT molecular complexity index is 1720. The molecule has 11 nitrogen and oxygen atoms in total. The third-order valence-corrected chi connectivity index (χ3v) is 8.07. The molecule has 3 amide bonds. The van der Waals surface area contributed by atoms with E-state index in [2.05, 4.69) is 43.8 Å². The van der Waals surface area contributed by atoms with Crippen LogP contribution < -0.4 is 20.9 Å². The number of anilines is 3. The molecule has 11 heteroatoms. The van der Waals surface area contributed by atoms with Gasteiger partial charge in [0, 0.05) is 42.0 Å². The van der Waals surface area contributed by atoms with Crippen LogP contribution in [0.3, 0.4) is 0 Å². The summed E-state index contributed by atoms with van der Waals surface area (Å²) in [5, 5.41) is 17.2. The van der Waals surface area contributed by atoms with Crippen LogP contribution in [-0.2, 0) is 4.74 Å². The fourth-order valence-corrected chi connectivity index (χ4v) is 5.31. The lowest BCUT2D eigenvalue weighted by molar-refractivity contribution is 0.0838. The Morgan fingerprint density at radius 1 is 0.809 bits per heavy atom. The van der Waals surface area contributed by atoms with Crippen molar-refractivity contribution in [1.29, 1.82) is 0 Å². The van der Waals surface area contributed by atoms with Gasteiger partial charge in [0.05, 0.1) is 49.2 Å². The Morgan fingerprint density at radius 3 is 2.32 bits per heavy atom. The summed E-state index contributed by atoms with van der Waals surface area (Å²) in [6, 6.07) is 17.8. The van der Waals surface area contributed by atoms with E-state index in [1.54, 1.807) is 36.5 Å². The van der Waals surface area contributed by atoms with Gasteiger partial charge in [0.25, 0.3) is 17.7 Å². The van der Waals surface area contributed by atoms with E-state index in [0.29, 0.717) is 16.9 Å². The number of aryl methyl sites for hydroxylation is 2. The largest absolute Gasteiger partial charge is 0.394 e. The number of aromatic nitrogens is 2. The number of carbonyl (C=O) groups is 3. The highest BCUT2D eigenvalue weighted by atomic mass is 16.5. The molecule has 0 aliphatic carbocycles. The average molecular weight is 637 g/mol. The highest BCUT2D eigenvalue weighted by Crippen LogP contribution is 2.28. The zero-order valence-corrected chi connectivity index (χ0v) is 26.7. The number of aliphatic hydroxyl groups excluding tert-OH is 1. The number of hydrogen-bond donors (Lipinski definition) is 4. The van der Waals surface area contributed by atoms with Crippen LogP contribution in [0, 0.1) is 13.8 Å². The number of aliphatic hydroxyl groups is 1. The monoisotopic (exact) mass is 636 g/mol. The van der Waals surface area contributed by atoms with Gasteiger partial charge >= 0.3 is 0 Å². The van der Waals surface area contributed by atoms with Gasteiger partial charge < -0.3 is 30.7 Å². The van der Waals surface area contributed by atoms with Crippen LogP contribution in [0.15, 0.2) is 73.1 Å². The molecular formula is C36H40N6O5. The number of rotatable bonds is 12. The molecule has 1 fully saturated rings. The van der Waals surface area contributed by atoms with Crippen LogP contribution in [0.2, 0.25) is 0 Å². The number of piperidine rings is 1. The molecule has 0 saturated carbocycles. The minimum absolute atomic E-state index is 0.0923. The van der Waals surface area contributed by atoms with E-state index >= 15 is 0 Å². The lowest BCUT2D eigenvalue weighted by atomic mass is 10.0. The number of ether oxygens (including phenoxy) is 1. The summed E-state index contributed by atoms with van der Waals surface area (Å²) >= 11 is 0. The molecule has 4 N–H and O–H groups in total. The van der Waals surface area contributed by atoms with Crippen LogP contribution in [0.1, 0.15) is 61.5 Å². The van der Waals surface area contributed by atoms with Gasteiger partial charge in [-0.2, -0.15) is 0 Å². The van der Waals surface area contributed by atoms with Crippen LogP contribution in [0.4, 0.5) is 17.2 Å². The average Bonchev–Trinajstić information content (AvgIpc) is 3.10. The normalized spacial score (nSPS) is 12.8. The van der Waals surface area contributed by atoms with Gasteiger partial charge in [-0.3, -0.25) is 19.4 Å². The first-order valence-electron chi connectivity index (χ1n) is 15.8. The SMILES string of the molecule is Cc1ccc(-c2cnc(NC(=O)c3cc(N4CCCCC4)ccc3NC(=O)c3cccc(C(=O)NCCOCCO)c3)cn2)cc1C. The Hall–Kier alpha value is -5.13. The van der Waals surface area contributed by atoms with Crippen molar-refractivity contribution < 1.29 is 24.2 Å². The van der Waals surface area contributed by atoms with Crippen LogP contribution >= 0.6 is 0 Å². The number of nitrogens with one attached hydrogen (secondary N) is 3. The zero-order valence-electron chi connectivity index (χ0n) is 26.7. The predicted octanol–water partition coefficient (Wildman–Crippen LogP) is 4.99. The molecule has 1 aromatic heterocycles. The first kappa shape index (κ1) is 33.2. The lowest BCUT2D eigenvalue weighted by Crippen LogP contribution is -2.30. The Morgan fingerprint density at radius 2 is 1.60 bits per heavy atom. The maximum Gasteiger partial charge on any atom is 0.259 e. The van der Waals surface area contributed by atoms with Gasteiger partial charge in [-0.15, -0.1) is 0 Å². The molecule has 0 unspecified atom stereocenters. The minimum atomic E-state index is -0.469. The molecule has 0 spiro atoms. The second-order valence-corrected chi connectivity index (χ2v) is 11.4. The van der Waals surface area contributed by atoms with Crippen molar-refractivity contribution in [2.75, 3.05) is 55.0 Å². The van der Waals surface area contributed by atoms with E-state index in [1.807, 2.05) is 25.1 Å². The van der Waals surface area contributed by atoms with Crippen molar-refractivity contribution in [1.82, 2.24) is 15.3 Å².